The van der Waals surface area contributed by atoms with Gasteiger partial charge in [0.1, 0.15) is 0 Å². The highest BCUT2D eigenvalue weighted by Gasteiger charge is 2.21. The predicted octanol–water partition coefficient (Wildman–Crippen LogP) is 2.26. The Labute approximate surface area is 107 Å². The third-order valence-electron chi connectivity index (χ3n) is 1.91. The SMILES string of the molecule is COC(=O)c1cc(Cl)c(Cl)cc1C(=O)C=[N+]=[N-]. The van der Waals surface area contributed by atoms with Crippen LogP contribution in [0, 0.1) is 0 Å². The molecule has 0 saturated carbocycles. The number of esters is 1. The fourth-order valence-corrected chi connectivity index (χ4v) is 1.48. The number of benzene rings is 1. The zero-order valence-corrected chi connectivity index (χ0v) is 10.1. The molecular formula is C10H6Cl2N2O3. The molecule has 0 radical (unpaired) electrons. The largest absolute Gasteiger partial charge is 0.465 e. The molecule has 1 rings (SSSR count). The normalized spacial score (nSPS) is 9.35. The van der Waals surface area contributed by atoms with Crippen LogP contribution in [0.1, 0.15) is 20.7 Å². The monoisotopic (exact) mass is 272 g/mol. The van der Waals surface area contributed by atoms with Crippen molar-refractivity contribution in [2.45, 2.75) is 0 Å². The van der Waals surface area contributed by atoms with Gasteiger partial charge < -0.3 is 10.3 Å². The standard InChI is InChI=1S/C10H6Cl2N2O3/c1-17-10(16)6-3-8(12)7(11)2-5(6)9(15)4-14-13/h2-4H,1H3. The Morgan fingerprint density at radius 1 is 1.29 bits per heavy atom. The number of Topliss-reactive ketones (excluding diaryl/α,β-unsaturated/α-hetero) is 1. The molecule has 0 spiro atoms. The van der Waals surface area contributed by atoms with Crippen LogP contribution >= 0.6 is 23.2 Å². The molecule has 0 N–H and O–H groups in total. The van der Waals surface area contributed by atoms with Gasteiger partial charge in [0, 0.05) is 5.56 Å². The van der Waals surface area contributed by atoms with Crippen molar-refractivity contribution in [1.82, 2.24) is 0 Å². The van der Waals surface area contributed by atoms with Gasteiger partial charge in [-0.05, 0) is 12.1 Å². The van der Waals surface area contributed by atoms with Crippen LogP contribution in [-0.4, -0.2) is 29.9 Å². The second kappa shape index (κ2) is 5.59. The minimum atomic E-state index is -0.738. The van der Waals surface area contributed by atoms with E-state index in [-0.39, 0.29) is 21.2 Å². The van der Waals surface area contributed by atoms with E-state index in [4.69, 9.17) is 28.7 Å². The van der Waals surface area contributed by atoms with Crippen LogP contribution in [-0.2, 0) is 4.74 Å². The molecule has 0 aromatic heterocycles. The summed E-state index contributed by atoms with van der Waals surface area (Å²) in [5, 5.41) is 0.221. The number of halogens is 2. The topological polar surface area (TPSA) is 79.8 Å². The molecule has 0 aliphatic carbocycles. The van der Waals surface area contributed by atoms with Crippen molar-refractivity contribution >= 4 is 41.2 Å². The molecule has 1 aromatic carbocycles. The van der Waals surface area contributed by atoms with E-state index in [1.807, 2.05) is 0 Å². The van der Waals surface area contributed by atoms with Crippen molar-refractivity contribution in [2.24, 2.45) is 0 Å². The van der Waals surface area contributed by atoms with E-state index in [0.29, 0.717) is 6.21 Å². The Kier molecular flexibility index (Phi) is 4.40. The minimum Gasteiger partial charge on any atom is -0.465 e. The first kappa shape index (κ1) is 13.4. The van der Waals surface area contributed by atoms with Gasteiger partial charge >= 0.3 is 12.2 Å². The number of ketones is 1. The first-order chi connectivity index (χ1) is 8.01. The first-order valence-electron chi connectivity index (χ1n) is 4.30. The lowest BCUT2D eigenvalue weighted by atomic mass is 10.0. The first-order valence-corrected chi connectivity index (χ1v) is 5.06. The molecule has 0 heterocycles. The molecule has 7 heteroatoms. The molecule has 0 amide bonds. The maximum absolute atomic E-state index is 11.5. The Balaban J connectivity index is 3.45. The van der Waals surface area contributed by atoms with Gasteiger partial charge in [-0.2, -0.15) is 4.79 Å². The van der Waals surface area contributed by atoms with Crippen LogP contribution in [0.3, 0.4) is 0 Å². The fraction of sp³-hybridized carbons (Fsp3) is 0.100. The van der Waals surface area contributed by atoms with Gasteiger partial charge in [-0.15, -0.1) is 0 Å². The number of methoxy groups -OCH3 is 1. The lowest BCUT2D eigenvalue weighted by Crippen LogP contribution is -2.11. The summed E-state index contributed by atoms with van der Waals surface area (Å²) in [5.74, 6) is -1.43. The summed E-state index contributed by atoms with van der Waals surface area (Å²) in [6.07, 6.45) is 0.645. The molecule has 0 aliphatic heterocycles. The van der Waals surface area contributed by atoms with Crippen LogP contribution in [0.5, 0.6) is 0 Å². The average Bonchev–Trinajstić information content (AvgIpc) is 2.31. The zero-order valence-electron chi connectivity index (χ0n) is 8.61. The number of hydrogen-bond acceptors (Lipinski definition) is 3. The van der Waals surface area contributed by atoms with Gasteiger partial charge in [-0.25, -0.2) is 4.79 Å². The van der Waals surface area contributed by atoms with E-state index >= 15 is 0 Å². The number of ether oxygens (including phenoxy) is 1. The maximum atomic E-state index is 11.5. The lowest BCUT2D eigenvalue weighted by Gasteiger charge is -2.05. The molecule has 17 heavy (non-hydrogen) atoms. The molecule has 0 aliphatic rings. The zero-order chi connectivity index (χ0) is 13.0. The Bertz CT molecular complexity index is 537. The van der Waals surface area contributed by atoms with Gasteiger partial charge in [-0.1, -0.05) is 23.2 Å². The van der Waals surface area contributed by atoms with E-state index in [1.165, 1.54) is 19.2 Å². The molecule has 0 bridgehead atoms. The van der Waals surface area contributed by atoms with Crippen molar-refractivity contribution < 1.29 is 19.1 Å². The van der Waals surface area contributed by atoms with Crippen molar-refractivity contribution in [3.05, 3.63) is 38.8 Å². The third-order valence-corrected chi connectivity index (χ3v) is 2.63. The molecule has 0 atom stereocenters. The smallest absolute Gasteiger partial charge is 0.338 e. The van der Waals surface area contributed by atoms with Crippen molar-refractivity contribution in [2.75, 3.05) is 7.11 Å². The van der Waals surface area contributed by atoms with Gasteiger partial charge in [0.2, 0.25) is 0 Å². The van der Waals surface area contributed by atoms with E-state index in [1.54, 1.807) is 0 Å². The number of carbonyl (C=O) groups is 2. The van der Waals surface area contributed by atoms with Crippen LogP contribution in [0.15, 0.2) is 12.1 Å². The highest BCUT2D eigenvalue weighted by molar-refractivity contribution is 6.43. The fourth-order valence-electron chi connectivity index (χ4n) is 1.15. The number of hydrogen-bond donors (Lipinski definition) is 0. The number of rotatable bonds is 3. The van der Waals surface area contributed by atoms with E-state index in [0.717, 1.165) is 0 Å². The summed E-state index contributed by atoms with van der Waals surface area (Å²) >= 11 is 11.5. The molecule has 5 nitrogen and oxygen atoms in total. The average molecular weight is 273 g/mol. The van der Waals surface area contributed by atoms with Gasteiger partial charge in [0.25, 0.3) is 5.78 Å². The van der Waals surface area contributed by atoms with E-state index in [9.17, 15) is 9.59 Å². The van der Waals surface area contributed by atoms with E-state index < -0.39 is 11.8 Å². The number of carbonyl (C=O) groups excluding carboxylic acids is 2. The maximum Gasteiger partial charge on any atom is 0.338 e. The molecule has 1 aromatic rings. The third kappa shape index (κ3) is 2.91. The van der Waals surface area contributed by atoms with E-state index in [2.05, 4.69) is 9.53 Å². The minimum absolute atomic E-state index is 0.0493. The Morgan fingerprint density at radius 3 is 2.29 bits per heavy atom. The molecule has 88 valence electrons. The summed E-state index contributed by atoms with van der Waals surface area (Å²) in [4.78, 5) is 25.5. The molecular weight excluding hydrogens is 267 g/mol. The lowest BCUT2D eigenvalue weighted by molar-refractivity contribution is 0.00234. The summed E-state index contributed by atoms with van der Waals surface area (Å²) < 4.78 is 4.50. The highest BCUT2D eigenvalue weighted by atomic mass is 35.5. The quantitative estimate of drug-likeness (QED) is 0.278. The Hall–Kier alpha value is -1.68. The van der Waals surface area contributed by atoms with Gasteiger partial charge in [-0.3, -0.25) is 4.79 Å². The highest BCUT2D eigenvalue weighted by Crippen LogP contribution is 2.26. The second-order valence-corrected chi connectivity index (χ2v) is 3.73. The summed E-state index contributed by atoms with van der Waals surface area (Å²) in [6.45, 7) is 0. The van der Waals surface area contributed by atoms with Gasteiger partial charge in [0.15, 0.2) is 0 Å². The molecule has 0 saturated heterocycles. The van der Waals surface area contributed by atoms with Crippen LogP contribution in [0.2, 0.25) is 10.0 Å². The van der Waals surface area contributed by atoms with Crippen molar-refractivity contribution in [3.63, 3.8) is 0 Å². The molecule has 0 fully saturated rings. The van der Waals surface area contributed by atoms with Crippen molar-refractivity contribution in [1.29, 1.82) is 0 Å². The second-order valence-electron chi connectivity index (χ2n) is 2.91. The van der Waals surface area contributed by atoms with Gasteiger partial charge in [0.05, 0.1) is 22.7 Å². The summed E-state index contributed by atoms with van der Waals surface area (Å²) in [7, 11) is 1.17. The predicted molar refractivity (Wildman–Crippen MR) is 61.8 cm³/mol. The van der Waals surface area contributed by atoms with Crippen LogP contribution < -0.4 is 0 Å². The Morgan fingerprint density at radius 2 is 1.82 bits per heavy atom. The summed E-state index contributed by atoms with van der Waals surface area (Å²) in [6, 6.07) is 2.42. The number of nitrogens with zero attached hydrogens (tertiary/aromatic N) is 2. The van der Waals surface area contributed by atoms with Crippen molar-refractivity contribution in [3.8, 4) is 0 Å². The molecule has 0 unspecified atom stereocenters. The summed E-state index contributed by atoms with van der Waals surface area (Å²) in [5.41, 5.74) is 8.18. The van der Waals surface area contributed by atoms with Crippen LogP contribution in [0.25, 0.3) is 5.53 Å². The van der Waals surface area contributed by atoms with Crippen LogP contribution in [0.4, 0.5) is 0 Å².